The number of rotatable bonds is 6. The molecule has 1 unspecified atom stereocenters. The van der Waals surface area contributed by atoms with E-state index in [1.54, 1.807) is 24.1 Å². The average molecular weight is 473 g/mol. The van der Waals surface area contributed by atoms with Gasteiger partial charge in [-0.3, -0.25) is 4.90 Å². The van der Waals surface area contributed by atoms with Crippen molar-refractivity contribution in [1.82, 2.24) is 9.47 Å². The zero-order chi connectivity index (χ0) is 24.9. The molecular weight excluding hydrogens is 444 g/mol. The molecule has 0 aliphatic heterocycles. The number of hydrogen-bond donors (Lipinski definition) is 0. The molecule has 178 valence electrons. The molecule has 1 amide bonds. The maximum atomic E-state index is 13.4. The quantitative estimate of drug-likeness (QED) is 0.255. The van der Waals surface area contributed by atoms with Gasteiger partial charge in [0.2, 0.25) is 0 Å². The van der Waals surface area contributed by atoms with Crippen LogP contribution in [0.4, 0.5) is 4.79 Å². The summed E-state index contributed by atoms with van der Waals surface area (Å²) in [7, 11) is 3.87. The Morgan fingerprint density at radius 2 is 1.36 bits per heavy atom. The largest absolute Gasteiger partial charge is 0.415 e. The van der Waals surface area contributed by atoms with E-state index in [4.69, 9.17) is 4.74 Å². The standard InChI is InChI=1S/C32H28N2O2/c1-33-28-21-13-12-20-27(28)30(29(33)23-22-24-14-6-3-7-15-24)31(25-16-8-4-9-17-25)34(2)32(35)36-26-18-10-5-11-19-26/h3-23,31H,1-2H3/b23-22+. The number of amides is 1. The molecule has 0 aliphatic carbocycles. The van der Waals surface area contributed by atoms with E-state index in [-0.39, 0.29) is 6.04 Å². The Kier molecular flexibility index (Phi) is 6.67. The van der Waals surface area contributed by atoms with Gasteiger partial charge in [0.1, 0.15) is 5.75 Å². The van der Waals surface area contributed by atoms with E-state index in [1.807, 2.05) is 66.7 Å². The van der Waals surface area contributed by atoms with Crippen molar-refractivity contribution in [3.05, 3.63) is 138 Å². The lowest BCUT2D eigenvalue weighted by atomic mass is 9.94. The van der Waals surface area contributed by atoms with Gasteiger partial charge in [-0.15, -0.1) is 0 Å². The van der Waals surface area contributed by atoms with Crippen molar-refractivity contribution >= 4 is 29.1 Å². The Morgan fingerprint density at radius 3 is 2.06 bits per heavy atom. The van der Waals surface area contributed by atoms with Crippen molar-refractivity contribution in [3.8, 4) is 5.75 Å². The number of benzene rings is 4. The third-order valence-corrected chi connectivity index (χ3v) is 6.44. The van der Waals surface area contributed by atoms with Crippen molar-refractivity contribution < 1.29 is 9.53 Å². The Labute approximate surface area is 211 Å². The molecule has 0 fully saturated rings. The number of fused-ring (bicyclic) bond motifs is 1. The first-order valence-electron chi connectivity index (χ1n) is 12.0. The lowest BCUT2D eigenvalue weighted by Crippen LogP contribution is -2.34. The normalized spacial score (nSPS) is 12.1. The van der Waals surface area contributed by atoms with Crippen LogP contribution in [0.25, 0.3) is 23.1 Å². The molecule has 1 heterocycles. The van der Waals surface area contributed by atoms with Crippen molar-refractivity contribution in [2.45, 2.75) is 6.04 Å². The van der Waals surface area contributed by atoms with E-state index in [2.05, 4.69) is 60.2 Å². The fraction of sp³-hybridized carbons (Fsp3) is 0.0938. The van der Waals surface area contributed by atoms with Crippen molar-refractivity contribution in [2.24, 2.45) is 7.05 Å². The third kappa shape index (κ3) is 4.66. The lowest BCUT2D eigenvalue weighted by molar-refractivity contribution is 0.152. The predicted octanol–water partition coefficient (Wildman–Crippen LogP) is 7.57. The molecule has 36 heavy (non-hydrogen) atoms. The van der Waals surface area contributed by atoms with E-state index >= 15 is 0 Å². The number of aryl methyl sites for hydroxylation is 1. The Morgan fingerprint density at radius 1 is 0.778 bits per heavy atom. The number of ether oxygens (including phenoxy) is 1. The van der Waals surface area contributed by atoms with Gasteiger partial charge in [-0.25, -0.2) is 4.79 Å². The number of aromatic nitrogens is 1. The van der Waals surface area contributed by atoms with Gasteiger partial charge in [-0.2, -0.15) is 0 Å². The first-order chi connectivity index (χ1) is 17.6. The number of carbonyl (C=O) groups excluding carboxylic acids is 1. The van der Waals surface area contributed by atoms with Crippen molar-refractivity contribution in [1.29, 1.82) is 0 Å². The van der Waals surface area contributed by atoms with Gasteiger partial charge >= 0.3 is 6.09 Å². The summed E-state index contributed by atoms with van der Waals surface area (Å²) in [6.07, 6.45) is 3.83. The third-order valence-electron chi connectivity index (χ3n) is 6.44. The van der Waals surface area contributed by atoms with Gasteiger partial charge < -0.3 is 9.30 Å². The maximum Gasteiger partial charge on any atom is 0.415 e. The summed E-state index contributed by atoms with van der Waals surface area (Å²) in [5.41, 5.74) is 5.32. The van der Waals surface area contributed by atoms with Gasteiger partial charge in [-0.1, -0.05) is 103 Å². The van der Waals surface area contributed by atoms with Crippen LogP contribution in [-0.4, -0.2) is 22.6 Å². The minimum Gasteiger partial charge on any atom is -0.410 e. The van der Waals surface area contributed by atoms with E-state index in [1.165, 1.54) is 0 Å². The summed E-state index contributed by atoms with van der Waals surface area (Å²) in [6, 6.07) is 37.5. The zero-order valence-electron chi connectivity index (χ0n) is 20.4. The Hall–Kier alpha value is -4.57. The van der Waals surface area contributed by atoms with Crippen molar-refractivity contribution in [2.75, 3.05) is 7.05 Å². The molecule has 4 nitrogen and oxygen atoms in total. The molecule has 0 saturated heterocycles. The van der Waals surface area contributed by atoms with Crippen LogP contribution in [0.2, 0.25) is 0 Å². The Bertz CT molecular complexity index is 1490. The summed E-state index contributed by atoms with van der Waals surface area (Å²) < 4.78 is 7.94. The smallest absolute Gasteiger partial charge is 0.410 e. The van der Waals surface area contributed by atoms with Gasteiger partial charge in [0.05, 0.1) is 6.04 Å². The highest BCUT2D eigenvalue weighted by Gasteiger charge is 2.30. The molecule has 5 aromatic rings. The minimum atomic E-state index is -0.416. The average Bonchev–Trinajstić information content (AvgIpc) is 3.20. The monoisotopic (exact) mass is 472 g/mol. The van der Waals surface area contributed by atoms with E-state index in [0.29, 0.717) is 5.75 Å². The Balaban J connectivity index is 1.66. The molecule has 0 radical (unpaired) electrons. The molecule has 4 aromatic carbocycles. The number of para-hydroxylation sites is 2. The first kappa shape index (κ1) is 23.2. The lowest BCUT2D eigenvalue weighted by Gasteiger charge is -2.29. The second kappa shape index (κ2) is 10.4. The molecule has 0 spiro atoms. The van der Waals surface area contributed by atoms with Crippen LogP contribution in [-0.2, 0) is 7.05 Å². The van der Waals surface area contributed by atoms with E-state index < -0.39 is 6.09 Å². The topological polar surface area (TPSA) is 34.5 Å². The molecule has 0 bridgehead atoms. The van der Waals surface area contributed by atoms with Crippen LogP contribution < -0.4 is 4.74 Å². The predicted molar refractivity (Wildman–Crippen MR) is 147 cm³/mol. The fourth-order valence-corrected chi connectivity index (χ4v) is 4.66. The first-order valence-corrected chi connectivity index (χ1v) is 12.0. The highest BCUT2D eigenvalue weighted by Crippen LogP contribution is 2.38. The van der Waals surface area contributed by atoms with Crippen LogP contribution in [0.1, 0.15) is 28.4 Å². The summed E-state index contributed by atoms with van der Waals surface area (Å²) in [6.45, 7) is 0. The highest BCUT2D eigenvalue weighted by atomic mass is 16.6. The molecular formula is C32H28N2O2. The molecule has 0 aliphatic rings. The zero-order valence-corrected chi connectivity index (χ0v) is 20.4. The number of nitrogens with zero attached hydrogens (tertiary/aromatic N) is 2. The van der Waals surface area contributed by atoms with Crippen LogP contribution >= 0.6 is 0 Å². The highest BCUT2D eigenvalue weighted by molar-refractivity contribution is 5.91. The maximum absolute atomic E-state index is 13.4. The molecule has 1 atom stereocenters. The van der Waals surface area contributed by atoms with Gasteiger partial charge in [0.25, 0.3) is 0 Å². The summed E-state index contributed by atoms with van der Waals surface area (Å²) in [4.78, 5) is 15.1. The molecule has 0 saturated carbocycles. The number of carbonyl (C=O) groups is 1. The molecule has 4 heteroatoms. The van der Waals surface area contributed by atoms with Crippen LogP contribution in [0.15, 0.2) is 115 Å². The molecule has 5 rings (SSSR count). The summed E-state index contributed by atoms with van der Waals surface area (Å²) >= 11 is 0. The summed E-state index contributed by atoms with van der Waals surface area (Å²) in [5.74, 6) is 0.517. The van der Waals surface area contributed by atoms with Crippen LogP contribution in [0, 0.1) is 0 Å². The van der Waals surface area contributed by atoms with Gasteiger partial charge in [0, 0.05) is 36.3 Å². The minimum absolute atomic E-state index is 0.357. The van der Waals surface area contributed by atoms with Crippen LogP contribution in [0.5, 0.6) is 5.75 Å². The molecule has 1 aromatic heterocycles. The van der Waals surface area contributed by atoms with Crippen molar-refractivity contribution in [3.63, 3.8) is 0 Å². The van der Waals surface area contributed by atoms with E-state index in [0.717, 1.165) is 33.3 Å². The SMILES string of the molecule is CN(C(=O)Oc1ccccc1)C(c1ccccc1)c1c(/C=C/c2ccccc2)n(C)c2ccccc12. The van der Waals surface area contributed by atoms with E-state index in [9.17, 15) is 4.79 Å². The van der Waals surface area contributed by atoms with Crippen LogP contribution in [0.3, 0.4) is 0 Å². The molecule has 0 N–H and O–H groups in total. The number of hydrogen-bond acceptors (Lipinski definition) is 2. The van der Waals surface area contributed by atoms with Gasteiger partial charge in [0.15, 0.2) is 0 Å². The van der Waals surface area contributed by atoms with Gasteiger partial charge in [-0.05, 0) is 35.4 Å². The summed E-state index contributed by atoms with van der Waals surface area (Å²) in [5, 5.41) is 1.10. The second-order valence-corrected chi connectivity index (χ2v) is 8.72. The fourth-order valence-electron chi connectivity index (χ4n) is 4.66. The second-order valence-electron chi connectivity index (χ2n) is 8.72.